The van der Waals surface area contributed by atoms with Crippen molar-refractivity contribution in [3.05, 3.63) is 23.8 Å². The highest BCUT2D eigenvalue weighted by molar-refractivity contribution is 7.91. The molecule has 1 aromatic carbocycles. The molecule has 0 radical (unpaired) electrons. The zero-order chi connectivity index (χ0) is 14.0. The van der Waals surface area contributed by atoms with E-state index in [1.807, 2.05) is 20.8 Å². The van der Waals surface area contributed by atoms with Gasteiger partial charge in [-0.05, 0) is 39.3 Å². The Hall–Kier alpha value is -1.07. The molecule has 1 aromatic rings. The number of para-hydroxylation sites is 1. The summed E-state index contributed by atoms with van der Waals surface area (Å²) in [6.45, 7) is 7.63. The van der Waals surface area contributed by atoms with Crippen molar-refractivity contribution < 1.29 is 13.2 Å². The van der Waals surface area contributed by atoms with Crippen molar-refractivity contribution in [2.45, 2.75) is 38.2 Å². The summed E-state index contributed by atoms with van der Waals surface area (Å²) in [6, 6.07) is 5.03. The van der Waals surface area contributed by atoms with Gasteiger partial charge in [0.05, 0.1) is 28.5 Å². The summed E-state index contributed by atoms with van der Waals surface area (Å²) in [5.74, 6) is -0.0576. The lowest BCUT2D eigenvalue weighted by molar-refractivity contribution is 0.00645. The van der Waals surface area contributed by atoms with Gasteiger partial charge in [0.2, 0.25) is 0 Å². The summed E-state index contributed by atoms with van der Waals surface area (Å²) in [5, 5.41) is 0. The van der Waals surface area contributed by atoms with E-state index in [0.29, 0.717) is 5.69 Å². The van der Waals surface area contributed by atoms with Crippen molar-refractivity contribution in [2.24, 2.45) is 0 Å². The number of nitrogen functional groups attached to an aromatic ring is 1. The van der Waals surface area contributed by atoms with Crippen LogP contribution in [0.3, 0.4) is 0 Å². The molecule has 5 heteroatoms. The lowest BCUT2D eigenvalue weighted by Gasteiger charge is -2.19. The summed E-state index contributed by atoms with van der Waals surface area (Å²) in [5.41, 5.74) is 6.56. The van der Waals surface area contributed by atoms with Crippen LogP contribution >= 0.6 is 0 Å². The number of anilines is 1. The highest BCUT2D eigenvalue weighted by Gasteiger charge is 2.20. The molecule has 0 fully saturated rings. The molecule has 0 bridgehead atoms. The van der Waals surface area contributed by atoms with Gasteiger partial charge in [-0.25, -0.2) is 8.42 Å². The molecule has 4 nitrogen and oxygen atoms in total. The van der Waals surface area contributed by atoms with Crippen molar-refractivity contribution in [3.8, 4) is 0 Å². The molecule has 0 aliphatic rings. The fraction of sp³-hybridized carbons (Fsp3) is 0.538. The van der Waals surface area contributed by atoms with Gasteiger partial charge in [0, 0.05) is 0 Å². The molecule has 2 N–H and O–H groups in total. The Morgan fingerprint density at radius 1 is 1.28 bits per heavy atom. The zero-order valence-corrected chi connectivity index (χ0v) is 12.2. The predicted octanol–water partition coefficient (Wildman–Crippen LogP) is 2.17. The highest BCUT2D eigenvalue weighted by Crippen LogP contribution is 2.23. The molecule has 0 saturated heterocycles. The molecule has 0 spiro atoms. The van der Waals surface area contributed by atoms with Gasteiger partial charge in [-0.2, -0.15) is 0 Å². The largest absolute Gasteiger partial charge is 0.397 e. The van der Waals surface area contributed by atoms with Crippen molar-refractivity contribution in [2.75, 3.05) is 18.1 Å². The number of aryl methyl sites for hydroxylation is 1. The summed E-state index contributed by atoms with van der Waals surface area (Å²) in [6.07, 6.45) is 0. The summed E-state index contributed by atoms with van der Waals surface area (Å²) in [7, 11) is -3.39. The van der Waals surface area contributed by atoms with E-state index in [9.17, 15) is 8.42 Å². The first-order chi connectivity index (χ1) is 8.13. The lowest BCUT2D eigenvalue weighted by Crippen LogP contribution is -2.24. The Labute approximate surface area is 109 Å². The number of ether oxygens (including phenoxy) is 1. The summed E-state index contributed by atoms with van der Waals surface area (Å²) in [4.78, 5) is 0.194. The van der Waals surface area contributed by atoms with E-state index in [2.05, 4.69) is 0 Å². The second-order valence-electron chi connectivity index (χ2n) is 5.27. The van der Waals surface area contributed by atoms with E-state index in [1.54, 1.807) is 19.1 Å². The van der Waals surface area contributed by atoms with Gasteiger partial charge in [0.25, 0.3) is 0 Å². The van der Waals surface area contributed by atoms with Crippen LogP contribution in [0.15, 0.2) is 23.1 Å². The second-order valence-corrected chi connectivity index (χ2v) is 7.34. The quantitative estimate of drug-likeness (QED) is 0.852. The molecule has 0 heterocycles. The standard InChI is InChI=1S/C13H21NO3S/c1-10-6-5-7-11(12(10)14)18(15,16)9-8-17-13(2,3)4/h5-7H,8-9,14H2,1-4H3. The average molecular weight is 271 g/mol. The minimum absolute atomic E-state index is 0.0576. The van der Waals surface area contributed by atoms with Gasteiger partial charge in [0.15, 0.2) is 9.84 Å². The summed E-state index contributed by atoms with van der Waals surface area (Å²) < 4.78 is 29.7. The number of sulfone groups is 1. The number of hydrogen-bond donors (Lipinski definition) is 1. The first kappa shape index (κ1) is 15.0. The van der Waals surface area contributed by atoms with Gasteiger partial charge in [-0.15, -0.1) is 0 Å². The Morgan fingerprint density at radius 2 is 1.89 bits per heavy atom. The smallest absolute Gasteiger partial charge is 0.182 e. The van der Waals surface area contributed by atoms with E-state index in [-0.39, 0.29) is 22.9 Å². The first-order valence-corrected chi connectivity index (χ1v) is 7.50. The van der Waals surface area contributed by atoms with Crippen LogP contribution in [0.5, 0.6) is 0 Å². The molecule has 0 aliphatic carbocycles. The molecule has 102 valence electrons. The van der Waals surface area contributed by atoms with Gasteiger partial charge >= 0.3 is 0 Å². The van der Waals surface area contributed by atoms with E-state index < -0.39 is 9.84 Å². The Bertz CT molecular complexity index is 516. The molecule has 0 saturated carbocycles. The zero-order valence-electron chi connectivity index (χ0n) is 11.4. The van der Waals surface area contributed by atoms with Gasteiger partial charge in [-0.1, -0.05) is 12.1 Å². The Balaban J connectivity index is 2.84. The van der Waals surface area contributed by atoms with Crippen LogP contribution in [-0.2, 0) is 14.6 Å². The normalized spacial score (nSPS) is 12.7. The number of nitrogens with two attached hydrogens (primary N) is 1. The van der Waals surface area contributed by atoms with Crippen molar-refractivity contribution in [1.29, 1.82) is 0 Å². The maximum Gasteiger partial charge on any atom is 0.182 e. The molecule has 0 atom stereocenters. The second kappa shape index (κ2) is 5.28. The average Bonchev–Trinajstić information content (AvgIpc) is 2.19. The fourth-order valence-electron chi connectivity index (χ4n) is 1.49. The van der Waals surface area contributed by atoms with E-state index >= 15 is 0 Å². The molecule has 0 aromatic heterocycles. The third-order valence-electron chi connectivity index (χ3n) is 2.51. The molecular formula is C13H21NO3S. The molecule has 0 unspecified atom stereocenters. The minimum atomic E-state index is -3.39. The molecule has 1 rings (SSSR count). The van der Waals surface area contributed by atoms with Crippen LogP contribution in [0.1, 0.15) is 26.3 Å². The molecule has 18 heavy (non-hydrogen) atoms. The first-order valence-electron chi connectivity index (χ1n) is 5.85. The number of rotatable bonds is 4. The van der Waals surface area contributed by atoms with Crippen LogP contribution in [0.4, 0.5) is 5.69 Å². The highest BCUT2D eigenvalue weighted by atomic mass is 32.2. The van der Waals surface area contributed by atoms with Gasteiger partial charge in [0.1, 0.15) is 0 Å². The predicted molar refractivity (Wildman–Crippen MR) is 73.3 cm³/mol. The Morgan fingerprint density at radius 3 is 2.44 bits per heavy atom. The third-order valence-corrected chi connectivity index (χ3v) is 4.24. The molecule has 0 aliphatic heterocycles. The van der Waals surface area contributed by atoms with E-state index in [4.69, 9.17) is 10.5 Å². The molecule has 0 amide bonds. The maximum absolute atomic E-state index is 12.1. The van der Waals surface area contributed by atoms with Crippen LogP contribution in [-0.4, -0.2) is 26.4 Å². The Kier molecular flexibility index (Phi) is 4.40. The lowest BCUT2D eigenvalue weighted by atomic mass is 10.2. The maximum atomic E-state index is 12.1. The SMILES string of the molecule is Cc1cccc(S(=O)(=O)CCOC(C)(C)C)c1N. The fourth-order valence-corrected chi connectivity index (χ4v) is 2.80. The van der Waals surface area contributed by atoms with Crippen molar-refractivity contribution >= 4 is 15.5 Å². The number of benzene rings is 1. The van der Waals surface area contributed by atoms with E-state index in [0.717, 1.165) is 5.56 Å². The van der Waals surface area contributed by atoms with Crippen LogP contribution < -0.4 is 5.73 Å². The molecular weight excluding hydrogens is 250 g/mol. The van der Waals surface area contributed by atoms with Gasteiger partial charge < -0.3 is 10.5 Å². The van der Waals surface area contributed by atoms with Crippen molar-refractivity contribution in [3.63, 3.8) is 0 Å². The minimum Gasteiger partial charge on any atom is -0.397 e. The van der Waals surface area contributed by atoms with Crippen LogP contribution in [0.25, 0.3) is 0 Å². The third kappa shape index (κ3) is 3.99. The van der Waals surface area contributed by atoms with Gasteiger partial charge in [-0.3, -0.25) is 0 Å². The van der Waals surface area contributed by atoms with Crippen molar-refractivity contribution in [1.82, 2.24) is 0 Å². The number of hydrogen-bond acceptors (Lipinski definition) is 4. The topological polar surface area (TPSA) is 69.4 Å². The summed E-state index contributed by atoms with van der Waals surface area (Å²) >= 11 is 0. The van der Waals surface area contributed by atoms with Crippen LogP contribution in [0, 0.1) is 6.92 Å². The van der Waals surface area contributed by atoms with E-state index in [1.165, 1.54) is 6.07 Å². The monoisotopic (exact) mass is 271 g/mol. The van der Waals surface area contributed by atoms with Crippen LogP contribution in [0.2, 0.25) is 0 Å².